The lowest BCUT2D eigenvalue weighted by Crippen LogP contribution is -2.70. The van der Waals surface area contributed by atoms with Crippen LogP contribution in [0.15, 0.2) is 11.6 Å². The van der Waals surface area contributed by atoms with Gasteiger partial charge >= 0.3 is 5.97 Å². The predicted octanol–water partition coefficient (Wildman–Crippen LogP) is -7.80. The minimum Gasteiger partial charge on any atom is -0.432 e. The van der Waals surface area contributed by atoms with E-state index in [0.717, 1.165) is 5.57 Å². The number of hydrogen-bond donors (Lipinski definition) is 21. The number of aliphatic hydroxyl groups excluding tert-OH is 21. The van der Waals surface area contributed by atoms with Gasteiger partial charge in [0.05, 0.1) is 63.9 Å². The molecule has 34 nitrogen and oxygen atoms in total. The summed E-state index contributed by atoms with van der Waals surface area (Å²) in [5, 5.41) is 231. The maximum Gasteiger partial charge on any atom is 0.315 e. The van der Waals surface area contributed by atoms with Gasteiger partial charge in [-0.15, -0.1) is 0 Å². The van der Waals surface area contributed by atoms with Crippen LogP contribution >= 0.6 is 0 Å². The van der Waals surface area contributed by atoms with Gasteiger partial charge < -0.3 is 164 Å². The van der Waals surface area contributed by atoms with Crippen LogP contribution in [0.3, 0.4) is 0 Å². The largest absolute Gasteiger partial charge is 0.432 e. The van der Waals surface area contributed by atoms with Crippen LogP contribution in [0.1, 0.15) is 99.3 Å². The highest BCUT2D eigenvalue weighted by molar-refractivity contribution is 5.79. The Morgan fingerprint density at radius 2 is 0.899 bits per heavy atom. The molecular weight excluding hydrogens is 1320 g/mol. The Kier molecular flexibility index (Phi) is 23.3. The third-order valence-corrected chi connectivity index (χ3v) is 25.4. The molecule has 34 heteroatoms. The summed E-state index contributed by atoms with van der Waals surface area (Å²) in [6.45, 7) is 7.08. The SMILES string of the molecule is CC1(C)CC[C@]2(C(=O)O[C@@H]3O[C@H](CO)[C@@H](O)[C@H](O)[C@H]3O)CC[C@]3(C)C(=CC[C@@H]4[C@@]5(C)C[C@H](O)[C@H](O[C@@H]6O[C@H](CO)[C@@H](O)[C@H](O[C@@H]7O[C@H](CO)[C@H](O[C@@H]8O[C@H](CO)[C@H](O)[C@H](O[C@@H]9O[C@H](CO)[C@H](O)[C@H](O[C@@H]%10OC[C@@H](O)[C@H](O)[C@H]%10O)[C@H]9O)[C@H]8O)[C@H](O)[C@H]7O)[C@H]6O)[C@@](C)(CO)[C@@H]5CC[C@]43C)[C@@H]2C1. The summed E-state index contributed by atoms with van der Waals surface area (Å²) in [5.74, 6) is -1.38. The first-order valence-electron chi connectivity index (χ1n) is 34.5. The highest BCUT2D eigenvalue weighted by Crippen LogP contribution is 2.76. The van der Waals surface area contributed by atoms with Crippen molar-refractivity contribution in [1.29, 1.82) is 0 Å². The molecule has 6 heterocycles. The number of esters is 1. The molecule has 570 valence electrons. The van der Waals surface area contributed by atoms with Gasteiger partial charge in [0.15, 0.2) is 31.5 Å². The molecule has 0 aromatic carbocycles. The molecule has 0 unspecified atom stereocenters. The van der Waals surface area contributed by atoms with E-state index in [1.54, 1.807) is 6.92 Å². The zero-order chi connectivity index (χ0) is 72.3. The van der Waals surface area contributed by atoms with Crippen LogP contribution in [0, 0.1) is 50.2 Å². The third kappa shape index (κ3) is 13.3. The number of aliphatic hydroxyl groups is 21. The summed E-state index contributed by atoms with van der Waals surface area (Å²) < 4.78 is 70.0. The van der Waals surface area contributed by atoms with E-state index in [-0.39, 0.29) is 29.6 Å². The molecule has 11 rings (SSSR count). The number of carbonyl (C=O) groups excluding carboxylic acids is 1. The van der Waals surface area contributed by atoms with Crippen molar-refractivity contribution < 1.29 is 169 Å². The van der Waals surface area contributed by atoms with Gasteiger partial charge in [0.25, 0.3) is 0 Å². The van der Waals surface area contributed by atoms with Crippen molar-refractivity contribution in [2.24, 2.45) is 50.2 Å². The molecule has 6 saturated heterocycles. The second-order valence-corrected chi connectivity index (χ2v) is 31.4. The summed E-state index contributed by atoms with van der Waals surface area (Å²) in [5.41, 5.74) is -3.04. The maximum atomic E-state index is 14.8. The van der Waals surface area contributed by atoms with E-state index >= 15 is 0 Å². The predicted molar refractivity (Wildman–Crippen MR) is 325 cm³/mol. The molecule has 0 amide bonds. The van der Waals surface area contributed by atoms with Crippen molar-refractivity contribution in [3.05, 3.63) is 11.6 Å². The first kappa shape index (κ1) is 78.0. The van der Waals surface area contributed by atoms with Crippen molar-refractivity contribution >= 4 is 5.97 Å². The van der Waals surface area contributed by atoms with Crippen LogP contribution < -0.4 is 0 Å². The van der Waals surface area contributed by atoms with E-state index in [0.29, 0.717) is 51.4 Å². The van der Waals surface area contributed by atoms with E-state index in [1.807, 2.05) is 0 Å². The first-order valence-corrected chi connectivity index (χ1v) is 34.5. The number of allylic oxidation sites excluding steroid dienone is 2. The standard InChI is InChI=1S/C65H106O34/c1-60(2)11-13-65(59(87)99-55-43(82)40(79)36(75)28(17-66)89-55)14-12-63(5)24(25(65)15-60)7-8-34-61(3)16-26(72)52(62(4,23-71)33(61)9-10-64(34,63)6)98-58-47(86)51(39(78)31(20-69)92-58)96-54-44(83)41(80)48(32(21-70)93-54)94-56-46(85)50(38(77)30(19-68)90-56)97-57-45(84)49(37(76)29(18-67)91-57)95-53-42(81)35(74)27(73)22-88-53/h7,25-58,66-86H,8-23H2,1-6H3/t25-,26-,27+,28+,29+,30+,31+,32+,33+,34+,35-,36+,37-,38-,39+,40-,41+,42+,43+,44+,45+,46+,47+,48-,49-,50-,51-,52-,53-,54-,55-,56-,57-,58-,61-,62-,63+,64+,65-/m0/s1. The first-order chi connectivity index (χ1) is 46.6. The number of ether oxygens (including phenoxy) is 12. The van der Waals surface area contributed by atoms with Gasteiger partial charge in [0.1, 0.15) is 140 Å². The fraction of sp³-hybridized carbons (Fsp3) is 0.954. The molecule has 0 spiro atoms. The average Bonchev–Trinajstić information content (AvgIpc) is 0.673. The molecule has 0 bridgehead atoms. The number of carbonyl (C=O) groups is 1. The second-order valence-electron chi connectivity index (χ2n) is 31.4. The minimum atomic E-state index is -2.22. The number of rotatable bonds is 18. The average molecular weight is 1430 g/mol. The summed E-state index contributed by atoms with van der Waals surface area (Å²) in [6, 6.07) is 0. The summed E-state index contributed by atoms with van der Waals surface area (Å²) in [4.78, 5) is 14.8. The van der Waals surface area contributed by atoms with E-state index in [9.17, 15) is 112 Å². The van der Waals surface area contributed by atoms with Gasteiger partial charge in [-0.3, -0.25) is 4.79 Å². The quantitative estimate of drug-likeness (QED) is 0.0344. The highest BCUT2D eigenvalue weighted by atomic mass is 16.8. The molecule has 0 radical (unpaired) electrons. The lowest BCUT2D eigenvalue weighted by molar-refractivity contribution is -0.396. The molecule has 21 N–H and O–H groups in total. The van der Waals surface area contributed by atoms with Crippen molar-refractivity contribution in [3.8, 4) is 0 Å². The van der Waals surface area contributed by atoms with Crippen molar-refractivity contribution in [2.45, 2.75) is 290 Å². The number of fused-ring (bicyclic) bond motifs is 7. The molecule has 6 aliphatic heterocycles. The summed E-state index contributed by atoms with van der Waals surface area (Å²) in [6.07, 6.45) is -49.7. The Morgan fingerprint density at radius 3 is 1.43 bits per heavy atom. The second kappa shape index (κ2) is 29.6. The van der Waals surface area contributed by atoms with Crippen LogP contribution in [0.2, 0.25) is 0 Å². The molecule has 99 heavy (non-hydrogen) atoms. The van der Waals surface area contributed by atoms with Crippen LogP contribution in [0.5, 0.6) is 0 Å². The Bertz CT molecular complexity index is 2770. The Labute approximate surface area is 571 Å². The zero-order valence-electron chi connectivity index (χ0n) is 56.2. The van der Waals surface area contributed by atoms with Gasteiger partial charge in [-0.1, -0.05) is 53.2 Å². The van der Waals surface area contributed by atoms with Crippen molar-refractivity contribution in [2.75, 3.05) is 46.2 Å². The Balaban J connectivity index is 0.770. The van der Waals surface area contributed by atoms with Crippen molar-refractivity contribution in [1.82, 2.24) is 0 Å². The fourth-order valence-corrected chi connectivity index (χ4v) is 19.3. The molecule has 0 aromatic rings. The van der Waals surface area contributed by atoms with Crippen LogP contribution in [-0.2, 0) is 61.6 Å². The monoisotopic (exact) mass is 1430 g/mol. The molecule has 11 aliphatic rings. The van der Waals surface area contributed by atoms with Crippen LogP contribution in [0.4, 0.5) is 0 Å². The Morgan fingerprint density at radius 1 is 0.444 bits per heavy atom. The lowest BCUT2D eigenvalue weighted by atomic mass is 9.33. The lowest BCUT2D eigenvalue weighted by Gasteiger charge is -2.72. The zero-order valence-corrected chi connectivity index (χ0v) is 56.2. The summed E-state index contributed by atoms with van der Waals surface area (Å²) >= 11 is 0. The molecule has 10 fully saturated rings. The Hall–Kier alpha value is -2.07. The molecular formula is C65H106O34. The van der Waals surface area contributed by atoms with Crippen LogP contribution in [0.25, 0.3) is 0 Å². The normalized spacial score (nSPS) is 54.6. The van der Waals surface area contributed by atoms with E-state index < -0.39 is 270 Å². The highest BCUT2D eigenvalue weighted by Gasteiger charge is 2.72. The van der Waals surface area contributed by atoms with Gasteiger partial charge in [-0.05, 0) is 97.2 Å². The van der Waals surface area contributed by atoms with E-state index in [2.05, 4.69) is 40.7 Å². The fourth-order valence-electron chi connectivity index (χ4n) is 19.3. The third-order valence-electron chi connectivity index (χ3n) is 25.4. The van der Waals surface area contributed by atoms with E-state index in [4.69, 9.17) is 56.8 Å². The van der Waals surface area contributed by atoms with Gasteiger partial charge in [0.2, 0.25) is 6.29 Å². The van der Waals surface area contributed by atoms with Gasteiger partial charge in [0, 0.05) is 5.41 Å². The molecule has 5 aliphatic carbocycles. The summed E-state index contributed by atoms with van der Waals surface area (Å²) in [7, 11) is 0. The number of hydrogen-bond acceptors (Lipinski definition) is 34. The van der Waals surface area contributed by atoms with E-state index in [1.165, 1.54) is 0 Å². The topological polar surface area (TPSA) is 553 Å². The van der Waals surface area contributed by atoms with Crippen molar-refractivity contribution in [3.63, 3.8) is 0 Å². The van der Waals surface area contributed by atoms with Crippen LogP contribution in [-0.4, -0.2) is 350 Å². The van der Waals surface area contributed by atoms with Gasteiger partial charge in [-0.25, -0.2) is 0 Å². The smallest absolute Gasteiger partial charge is 0.315 e. The molecule has 4 saturated carbocycles. The molecule has 0 aromatic heterocycles. The molecule has 39 atom stereocenters. The van der Waals surface area contributed by atoms with Gasteiger partial charge in [-0.2, -0.15) is 0 Å². The minimum absolute atomic E-state index is 0.116. The maximum absolute atomic E-state index is 14.8.